The van der Waals surface area contributed by atoms with E-state index in [-0.39, 0.29) is 6.61 Å². The van der Waals surface area contributed by atoms with E-state index in [1.807, 2.05) is 0 Å². The fraction of sp³-hybridized carbons (Fsp3) is 1.00. The van der Waals surface area contributed by atoms with Gasteiger partial charge in [-0.1, -0.05) is 0 Å². The monoisotopic (exact) mass is 178 g/mol. The molecule has 0 amide bonds. The van der Waals surface area contributed by atoms with Gasteiger partial charge in [0.15, 0.2) is 6.29 Å². The maximum Gasteiger partial charge on any atom is 0.186 e. The van der Waals surface area contributed by atoms with Crippen molar-refractivity contribution in [2.45, 2.75) is 24.6 Å². The summed E-state index contributed by atoms with van der Waals surface area (Å²) in [5.41, 5.74) is 0. The molecule has 1 aliphatic rings. The fourth-order valence-corrected chi connectivity index (χ4v) is 1.29. The first-order valence-electron chi connectivity index (χ1n) is 3.74. The van der Waals surface area contributed by atoms with E-state index in [4.69, 9.17) is 19.3 Å². The summed E-state index contributed by atoms with van der Waals surface area (Å²) < 4.78 is 15.0. The lowest BCUT2D eigenvalue weighted by Gasteiger charge is -2.16. The zero-order chi connectivity index (χ0) is 9.14. The predicted molar refractivity (Wildman–Crippen MR) is 39.6 cm³/mol. The first-order valence-corrected chi connectivity index (χ1v) is 3.74. The van der Waals surface area contributed by atoms with Crippen LogP contribution in [-0.2, 0) is 14.2 Å². The van der Waals surface area contributed by atoms with Crippen LogP contribution in [0.5, 0.6) is 0 Å². The third-order valence-electron chi connectivity index (χ3n) is 1.98. The molecule has 1 fully saturated rings. The van der Waals surface area contributed by atoms with Crippen LogP contribution in [0.25, 0.3) is 0 Å². The van der Waals surface area contributed by atoms with Crippen LogP contribution >= 0.6 is 0 Å². The average molecular weight is 178 g/mol. The molecule has 5 heteroatoms. The second-order valence-electron chi connectivity index (χ2n) is 2.65. The van der Waals surface area contributed by atoms with Gasteiger partial charge in [0.2, 0.25) is 0 Å². The summed E-state index contributed by atoms with van der Waals surface area (Å²) in [4.78, 5) is 0. The van der Waals surface area contributed by atoms with E-state index in [0.717, 1.165) is 0 Å². The molecule has 1 saturated heterocycles. The van der Waals surface area contributed by atoms with Crippen molar-refractivity contribution >= 4 is 0 Å². The van der Waals surface area contributed by atoms with E-state index < -0.39 is 24.6 Å². The second kappa shape index (κ2) is 4.15. The van der Waals surface area contributed by atoms with Crippen LogP contribution in [0.1, 0.15) is 0 Å². The quantitative estimate of drug-likeness (QED) is 0.563. The van der Waals surface area contributed by atoms with E-state index in [0.29, 0.717) is 0 Å². The maximum absolute atomic E-state index is 9.46. The van der Waals surface area contributed by atoms with E-state index in [9.17, 15) is 5.11 Å². The zero-order valence-electron chi connectivity index (χ0n) is 7.14. The molecular weight excluding hydrogens is 164 g/mol. The van der Waals surface area contributed by atoms with Gasteiger partial charge in [-0.15, -0.1) is 0 Å². The Morgan fingerprint density at radius 3 is 2.33 bits per heavy atom. The molecule has 12 heavy (non-hydrogen) atoms. The van der Waals surface area contributed by atoms with Crippen molar-refractivity contribution in [1.29, 1.82) is 0 Å². The summed E-state index contributed by atoms with van der Waals surface area (Å²) in [6.07, 6.45) is -2.56. The molecule has 0 spiro atoms. The van der Waals surface area contributed by atoms with Crippen molar-refractivity contribution in [3.8, 4) is 0 Å². The van der Waals surface area contributed by atoms with E-state index in [1.54, 1.807) is 0 Å². The van der Waals surface area contributed by atoms with Crippen molar-refractivity contribution in [2.24, 2.45) is 0 Å². The van der Waals surface area contributed by atoms with Crippen molar-refractivity contribution in [3.63, 3.8) is 0 Å². The van der Waals surface area contributed by atoms with Gasteiger partial charge in [-0.3, -0.25) is 0 Å². The Morgan fingerprint density at radius 2 is 2.00 bits per heavy atom. The summed E-state index contributed by atoms with van der Waals surface area (Å²) in [6.45, 7) is -0.235. The summed E-state index contributed by atoms with van der Waals surface area (Å²) in [5, 5.41) is 18.2. The normalized spacial score (nSPS) is 42.0. The first-order chi connectivity index (χ1) is 5.74. The lowest BCUT2D eigenvalue weighted by atomic mass is 10.1. The van der Waals surface area contributed by atoms with Crippen LogP contribution in [0.4, 0.5) is 0 Å². The van der Waals surface area contributed by atoms with Crippen LogP contribution < -0.4 is 0 Å². The standard InChI is InChI=1S/C7H14O5/c1-10-6-5(9)4(3-8)12-7(6)11-2/h4-9H,3H2,1-2H3/t4-,5-,6-,7+/m1/s1. The number of methoxy groups -OCH3 is 2. The van der Waals surface area contributed by atoms with Gasteiger partial charge < -0.3 is 24.4 Å². The molecule has 1 heterocycles. The van der Waals surface area contributed by atoms with Crippen molar-refractivity contribution in [3.05, 3.63) is 0 Å². The molecule has 2 N–H and O–H groups in total. The molecule has 0 aliphatic carbocycles. The molecule has 1 aliphatic heterocycles. The van der Waals surface area contributed by atoms with E-state index >= 15 is 0 Å². The van der Waals surface area contributed by atoms with Gasteiger partial charge in [0.1, 0.15) is 18.3 Å². The van der Waals surface area contributed by atoms with Crippen LogP contribution in [0.15, 0.2) is 0 Å². The molecule has 0 unspecified atom stereocenters. The number of ether oxygens (including phenoxy) is 3. The predicted octanol–water partition coefficient (Wildman–Crippen LogP) is -1.27. The average Bonchev–Trinajstić information content (AvgIpc) is 2.41. The van der Waals surface area contributed by atoms with Crippen molar-refractivity contribution in [2.75, 3.05) is 20.8 Å². The zero-order valence-corrected chi connectivity index (χ0v) is 7.14. The Morgan fingerprint density at radius 1 is 1.33 bits per heavy atom. The Balaban J connectivity index is 2.58. The third kappa shape index (κ3) is 1.60. The molecule has 0 aromatic carbocycles. The Hall–Kier alpha value is -0.200. The molecule has 5 nitrogen and oxygen atoms in total. The lowest BCUT2D eigenvalue weighted by Crippen LogP contribution is -2.35. The lowest BCUT2D eigenvalue weighted by molar-refractivity contribution is -0.159. The van der Waals surface area contributed by atoms with Gasteiger partial charge in [0.05, 0.1) is 6.61 Å². The molecule has 4 atom stereocenters. The summed E-state index contributed by atoms with van der Waals surface area (Å²) >= 11 is 0. The largest absolute Gasteiger partial charge is 0.394 e. The molecule has 0 aromatic heterocycles. The Labute approximate surface area is 70.9 Å². The van der Waals surface area contributed by atoms with Crippen LogP contribution in [-0.4, -0.2) is 55.6 Å². The maximum atomic E-state index is 9.46. The van der Waals surface area contributed by atoms with E-state index in [1.165, 1.54) is 14.2 Å². The van der Waals surface area contributed by atoms with Crippen LogP contribution in [0, 0.1) is 0 Å². The molecule has 72 valence electrons. The summed E-state index contributed by atoms with van der Waals surface area (Å²) in [6, 6.07) is 0. The fourth-order valence-electron chi connectivity index (χ4n) is 1.29. The molecular formula is C7H14O5. The molecule has 0 bridgehead atoms. The number of hydrogen-bond acceptors (Lipinski definition) is 5. The van der Waals surface area contributed by atoms with Crippen molar-refractivity contribution in [1.82, 2.24) is 0 Å². The second-order valence-corrected chi connectivity index (χ2v) is 2.65. The number of aliphatic hydroxyl groups is 2. The minimum atomic E-state index is -0.829. The highest BCUT2D eigenvalue weighted by atomic mass is 16.7. The molecule has 0 aromatic rings. The number of aliphatic hydroxyl groups excluding tert-OH is 2. The molecule has 0 radical (unpaired) electrons. The van der Waals surface area contributed by atoms with Crippen LogP contribution in [0.2, 0.25) is 0 Å². The van der Waals surface area contributed by atoms with Gasteiger partial charge in [0.25, 0.3) is 0 Å². The van der Waals surface area contributed by atoms with Crippen molar-refractivity contribution < 1.29 is 24.4 Å². The Bertz CT molecular complexity index is 138. The summed E-state index contributed by atoms with van der Waals surface area (Å²) in [5.74, 6) is 0. The minimum absolute atomic E-state index is 0.235. The molecule has 0 saturated carbocycles. The van der Waals surface area contributed by atoms with Crippen LogP contribution in [0.3, 0.4) is 0 Å². The van der Waals surface area contributed by atoms with Gasteiger partial charge in [-0.2, -0.15) is 0 Å². The minimum Gasteiger partial charge on any atom is -0.394 e. The SMILES string of the molecule is CO[C@H]1O[C@H](CO)[C@@H](O)[C@H]1OC. The van der Waals surface area contributed by atoms with Gasteiger partial charge in [-0.05, 0) is 0 Å². The number of rotatable bonds is 3. The first kappa shape index (κ1) is 9.88. The van der Waals surface area contributed by atoms with E-state index in [2.05, 4.69) is 0 Å². The number of hydrogen-bond donors (Lipinski definition) is 2. The highest BCUT2D eigenvalue weighted by Gasteiger charge is 2.43. The Kier molecular flexibility index (Phi) is 3.42. The van der Waals surface area contributed by atoms with Gasteiger partial charge >= 0.3 is 0 Å². The van der Waals surface area contributed by atoms with Gasteiger partial charge in [0, 0.05) is 14.2 Å². The highest BCUT2D eigenvalue weighted by Crippen LogP contribution is 2.23. The topological polar surface area (TPSA) is 68.2 Å². The summed E-state index contributed by atoms with van der Waals surface area (Å²) in [7, 11) is 2.92. The smallest absolute Gasteiger partial charge is 0.186 e. The highest BCUT2D eigenvalue weighted by molar-refractivity contribution is 4.87. The molecule has 1 rings (SSSR count). The van der Waals surface area contributed by atoms with Gasteiger partial charge in [-0.25, -0.2) is 0 Å². The third-order valence-corrected chi connectivity index (χ3v) is 1.98.